The van der Waals surface area contributed by atoms with E-state index in [4.69, 9.17) is 15.6 Å². The number of fused-ring (bicyclic) bond motifs is 1. The molecule has 1 aliphatic carbocycles. The maximum atomic E-state index is 13.8. The van der Waals surface area contributed by atoms with Crippen molar-refractivity contribution in [2.24, 2.45) is 16.3 Å². The first-order valence-corrected chi connectivity index (χ1v) is 14.3. The van der Waals surface area contributed by atoms with E-state index in [0.29, 0.717) is 32.4 Å². The third-order valence-corrected chi connectivity index (χ3v) is 8.01. The summed E-state index contributed by atoms with van der Waals surface area (Å²) < 4.78 is 6.08. The molecule has 216 valence electrons. The molecule has 2 heterocycles. The fraction of sp³-hybridized carbons (Fsp3) is 0.548. The number of allylic oxidation sites excluding steroid dienone is 2. The topological polar surface area (TPSA) is 117 Å². The summed E-state index contributed by atoms with van der Waals surface area (Å²) in [6, 6.07) is 9.63. The first-order chi connectivity index (χ1) is 19.1. The summed E-state index contributed by atoms with van der Waals surface area (Å²) in [6.07, 6.45) is 7.74. The van der Waals surface area contributed by atoms with Gasteiger partial charge in [-0.15, -0.1) is 0 Å². The number of nitrogens with zero attached hydrogens (tertiary/aromatic N) is 3. The van der Waals surface area contributed by atoms with Crippen LogP contribution in [0.25, 0.3) is 0 Å². The van der Waals surface area contributed by atoms with Gasteiger partial charge in [-0.3, -0.25) is 19.3 Å². The summed E-state index contributed by atoms with van der Waals surface area (Å²) >= 11 is 0. The molecule has 0 bridgehead atoms. The van der Waals surface area contributed by atoms with E-state index in [1.165, 1.54) is 0 Å². The molecule has 0 spiro atoms. The van der Waals surface area contributed by atoms with Crippen LogP contribution in [0.4, 0.5) is 0 Å². The van der Waals surface area contributed by atoms with Gasteiger partial charge in [0.2, 0.25) is 5.91 Å². The summed E-state index contributed by atoms with van der Waals surface area (Å²) in [5, 5.41) is 9.50. The van der Waals surface area contributed by atoms with Gasteiger partial charge in [0.05, 0.1) is 30.5 Å². The minimum absolute atomic E-state index is 0.0361. The predicted molar refractivity (Wildman–Crippen MR) is 156 cm³/mol. The Hall–Kier alpha value is -3.14. The first-order valence-electron chi connectivity index (χ1n) is 14.3. The Morgan fingerprint density at radius 1 is 1.23 bits per heavy atom. The number of piperidine rings is 1. The highest BCUT2D eigenvalue weighted by Crippen LogP contribution is 2.39. The van der Waals surface area contributed by atoms with Crippen LogP contribution in [0.1, 0.15) is 52.5 Å². The Bertz CT molecular complexity index is 1190. The summed E-state index contributed by atoms with van der Waals surface area (Å²) in [5.41, 5.74) is 7.19. The summed E-state index contributed by atoms with van der Waals surface area (Å²) in [5.74, 6) is -0.174. The molecule has 1 saturated heterocycles. The number of nitrogens with two attached hydrogens (primary N) is 1. The second kappa shape index (κ2) is 12.6. The SMILES string of the molecule is CCC([C@H](COCC1=CC(=O)CC=C1)NC(=O)C(C)(C)N)N1CCC2=NN(CC)C(=O)[C@@]2(Cc2ccccc2)C1. The molecule has 0 radical (unpaired) electrons. The number of hydrogen-bond donors (Lipinski definition) is 2. The van der Waals surface area contributed by atoms with Crippen molar-refractivity contribution in [2.45, 2.75) is 71.0 Å². The Kier molecular flexibility index (Phi) is 9.38. The number of carbonyl (C=O) groups is 3. The van der Waals surface area contributed by atoms with E-state index < -0.39 is 11.0 Å². The number of ether oxygens (including phenoxy) is 1. The van der Waals surface area contributed by atoms with Crippen molar-refractivity contribution in [1.82, 2.24) is 15.2 Å². The van der Waals surface area contributed by atoms with Gasteiger partial charge in [0.25, 0.3) is 5.91 Å². The van der Waals surface area contributed by atoms with Gasteiger partial charge in [0.1, 0.15) is 5.41 Å². The van der Waals surface area contributed by atoms with Gasteiger partial charge in [0, 0.05) is 38.5 Å². The van der Waals surface area contributed by atoms with Gasteiger partial charge in [-0.25, -0.2) is 5.01 Å². The van der Waals surface area contributed by atoms with Crippen molar-refractivity contribution in [1.29, 1.82) is 0 Å². The number of nitrogens with one attached hydrogen (secondary N) is 1. The normalized spacial score (nSPS) is 23.0. The zero-order valence-electron chi connectivity index (χ0n) is 24.2. The molecule has 9 heteroatoms. The van der Waals surface area contributed by atoms with E-state index in [0.717, 1.165) is 29.8 Å². The molecule has 9 nitrogen and oxygen atoms in total. The fourth-order valence-corrected chi connectivity index (χ4v) is 5.89. The van der Waals surface area contributed by atoms with Crippen molar-refractivity contribution >= 4 is 23.3 Å². The minimum atomic E-state index is -1.06. The van der Waals surface area contributed by atoms with Crippen LogP contribution in [-0.4, -0.2) is 83.7 Å². The van der Waals surface area contributed by atoms with Crippen LogP contribution in [0, 0.1) is 5.41 Å². The van der Waals surface area contributed by atoms with Crippen molar-refractivity contribution < 1.29 is 19.1 Å². The van der Waals surface area contributed by atoms with Gasteiger partial charge < -0.3 is 15.8 Å². The van der Waals surface area contributed by atoms with Gasteiger partial charge in [-0.1, -0.05) is 49.4 Å². The molecule has 2 aliphatic heterocycles. The van der Waals surface area contributed by atoms with E-state index in [2.05, 4.69) is 29.3 Å². The maximum Gasteiger partial charge on any atom is 0.256 e. The van der Waals surface area contributed by atoms with E-state index in [1.807, 2.05) is 37.3 Å². The zero-order valence-corrected chi connectivity index (χ0v) is 24.2. The Labute approximate surface area is 237 Å². The standard InChI is InChI=1S/C31H43N5O4/c1-5-26(25(33-28(38)30(3,4)32)20-40-19-23-13-10-14-24(37)17-23)35-16-15-27-31(21-35,29(39)36(6-2)34-27)18-22-11-8-7-9-12-22/h7-13,17,25-26H,5-6,14-16,18-21,32H2,1-4H3,(H,33,38)/t25-,26?,31-/m0/s1. The Morgan fingerprint density at radius 3 is 2.62 bits per heavy atom. The predicted octanol–water partition coefficient (Wildman–Crippen LogP) is 2.61. The van der Waals surface area contributed by atoms with Crippen LogP contribution < -0.4 is 11.1 Å². The lowest BCUT2D eigenvalue weighted by atomic mass is 9.72. The summed E-state index contributed by atoms with van der Waals surface area (Å²) in [6.45, 7) is 9.68. The highest BCUT2D eigenvalue weighted by atomic mass is 16.5. The average Bonchev–Trinajstić information content (AvgIpc) is 3.19. The smallest absolute Gasteiger partial charge is 0.256 e. The van der Waals surface area contributed by atoms with Crippen molar-refractivity contribution in [3.63, 3.8) is 0 Å². The largest absolute Gasteiger partial charge is 0.375 e. The first kappa shape index (κ1) is 29.8. The van der Waals surface area contributed by atoms with Crippen molar-refractivity contribution in [3.05, 3.63) is 59.7 Å². The second-order valence-corrected chi connectivity index (χ2v) is 11.6. The molecule has 1 unspecified atom stereocenters. The lowest BCUT2D eigenvalue weighted by molar-refractivity contribution is -0.138. The molecule has 1 aromatic carbocycles. The average molecular weight is 550 g/mol. The number of hydrazone groups is 1. The minimum Gasteiger partial charge on any atom is -0.375 e. The summed E-state index contributed by atoms with van der Waals surface area (Å²) in [4.78, 5) is 41.0. The number of ketones is 1. The number of likely N-dealkylation sites (tertiary alicyclic amines) is 1. The van der Waals surface area contributed by atoms with E-state index in [1.54, 1.807) is 24.9 Å². The number of hydrogen-bond acceptors (Lipinski definition) is 7. The van der Waals surface area contributed by atoms with Gasteiger partial charge in [0.15, 0.2) is 5.78 Å². The molecule has 3 N–H and O–H groups in total. The van der Waals surface area contributed by atoms with Gasteiger partial charge in [-0.05, 0) is 50.8 Å². The fourth-order valence-electron chi connectivity index (χ4n) is 5.89. The molecule has 3 aliphatic rings. The zero-order chi connectivity index (χ0) is 28.9. The monoisotopic (exact) mass is 549 g/mol. The molecule has 0 saturated carbocycles. The second-order valence-electron chi connectivity index (χ2n) is 11.6. The Morgan fingerprint density at radius 2 is 1.98 bits per heavy atom. The third-order valence-electron chi connectivity index (χ3n) is 8.01. The van der Waals surface area contributed by atoms with Crippen LogP contribution in [-0.2, 0) is 25.5 Å². The molecule has 1 aromatic rings. The van der Waals surface area contributed by atoms with Crippen molar-refractivity contribution in [2.75, 3.05) is 32.8 Å². The van der Waals surface area contributed by atoms with E-state index in [-0.39, 0.29) is 42.9 Å². The van der Waals surface area contributed by atoms with Crippen LogP contribution in [0.5, 0.6) is 0 Å². The quantitative estimate of drug-likeness (QED) is 0.414. The van der Waals surface area contributed by atoms with Crippen LogP contribution >= 0.6 is 0 Å². The van der Waals surface area contributed by atoms with Gasteiger partial charge in [-0.2, -0.15) is 5.10 Å². The van der Waals surface area contributed by atoms with E-state index >= 15 is 0 Å². The number of carbonyl (C=O) groups excluding carboxylic acids is 3. The van der Waals surface area contributed by atoms with Crippen LogP contribution in [0.3, 0.4) is 0 Å². The van der Waals surface area contributed by atoms with Crippen LogP contribution in [0.15, 0.2) is 59.2 Å². The number of amides is 2. The number of benzene rings is 1. The molecule has 40 heavy (non-hydrogen) atoms. The number of rotatable bonds is 12. The molecular weight excluding hydrogens is 506 g/mol. The highest BCUT2D eigenvalue weighted by Gasteiger charge is 2.54. The molecule has 3 atom stereocenters. The lowest BCUT2D eigenvalue weighted by Crippen LogP contribution is -2.63. The third kappa shape index (κ3) is 6.59. The molecule has 4 rings (SSSR count). The van der Waals surface area contributed by atoms with E-state index in [9.17, 15) is 14.4 Å². The van der Waals surface area contributed by atoms with Gasteiger partial charge >= 0.3 is 0 Å². The maximum absolute atomic E-state index is 13.8. The molecule has 0 aromatic heterocycles. The van der Waals surface area contributed by atoms with Crippen molar-refractivity contribution in [3.8, 4) is 0 Å². The Balaban J connectivity index is 1.58. The molecule has 2 amide bonds. The summed E-state index contributed by atoms with van der Waals surface area (Å²) in [7, 11) is 0. The highest BCUT2D eigenvalue weighted by molar-refractivity contribution is 6.13. The lowest BCUT2D eigenvalue weighted by Gasteiger charge is -2.45. The molecule has 1 fully saturated rings. The molecular formula is C31H43N5O4. The van der Waals surface area contributed by atoms with Crippen LogP contribution in [0.2, 0.25) is 0 Å².